The molecule has 1 saturated heterocycles. The smallest absolute Gasteiger partial charge is 0.312 e. The van der Waals surface area contributed by atoms with E-state index in [4.69, 9.17) is 10.2 Å². The van der Waals surface area contributed by atoms with Crippen molar-refractivity contribution in [3.8, 4) is 0 Å². The van der Waals surface area contributed by atoms with Gasteiger partial charge in [0.2, 0.25) is 5.89 Å². The number of rotatable bonds is 3. The molecule has 0 amide bonds. The summed E-state index contributed by atoms with van der Waals surface area (Å²) in [5.74, 6) is 0.940. The summed E-state index contributed by atoms with van der Waals surface area (Å²) in [6.07, 6.45) is 5.94. The summed E-state index contributed by atoms with van der Waals surface area (Å²) in [7, 11) is 0. The van der Waals surface area contributed by atoms with Gasteiger partial charge in [-0.3, -0.25) is 9.88 Å². The predicted octanol–water partition coefficient (Wildman–Crippen LogP) is 2.58. The minimum Gasteiger partial charge on any atom is -0.408 e. The minimum atomic E-state index is 0.153. The first kappa shape index (κ1) is 14.1. The third kappa shape index (κ3) is 3.03. The molecule has 6 nitrogen and oxygen atoms in total. The minimum absolute atomic E-state index is 0.153. The number of likely N-dealkylation sites (tertiary alicyclic amines) is 1. The first-order valence-corrected chi connectivity index (χ1v) is 7.92. The fourth-order valence-electron chi connectivity index (χ4n) is 3.30. The third-order valence-electron chi connectivity index (χ3n) is 4.42. The molecule has 0 aliphatic carbocycles. The fraction of sp³-hybridized carbons (Fsp3) is 0.353. The Balaban J connectivity index is 1.48. The Labute approximate surface area is 134 Å². The molecule has 6 heteroatoms. The highest BCUT2D eigenvalue weighted by Crippen LogP contribution is 2.27. The molecule has 1 atom stereocenters. The van der Waals surface area contributed by atoms with Gasteiger partial charge < -0.3 is 10.2 Å². The van der Waals surface area contributed by atoms with Crippen LogP contribution in [0.4, 0.5) is 6.01 Å². The van der Waals surface area contributed by atoms with E-state index in [1.165, 1.54) is 16.3 Å². The van der Waals surface area contributed by atoms with E-state index in [1.807, 2.05) is 12.4 Å². The molecule has 1 aliphatic rings. The van der Waals surface area contributed by atoms with Crippen molar-refractivity contribution < 1.29 is 4.42 Å². The lowest BCUT2D eigenvalue weighted by molar-refractivity contribution is 0.186. The van der Waals surface area contributed by atoms with Crippen LogP contribution in [0.1, 0.15) is 30.2 Å². The summed E-state index contributed by atoms with van der Waals surface area (Å²) in [6.45, 7) is 2.95. The number of hydrogen-bond donors (Lipinski definition) is 1. The number of nitrogens with two attached hydrogens (primary N) is 1. The number of nitrogen functional groups attached to an aromatic ring is 1. The van der Waals surface area contributed by atoms with Crippen molar-refractivity contribution in [2.45, 2.75) is 25.3 Å². The molecule has 1 aromatic carbocycles. The molecule has 1 unspecified atom stereocenters. The molecule has 4 rings (SSSR count). The van der Waals surface area contributed by atoms with Gasteiger partial charge in [-0.05, 0) is 42.5 Å². The van der Waals surface area contributed by atoms with Gasteiger partial charge in [-0.15, -0.1) is 5.10 Å². The highest BCUT2D eigenvalue weighted by molar-refractivity contribution is 5.81. The number of benzene rings is 1. The summed E-state index contributed by atoms with van der Waals surface area (Å²) < 4.78 is 5.40. The zero-order valence-corrected chi connectivity index (χ0v) is 12.9. The van der Waals surface area contributed by atoms with E-state index < -0.39 is 0 Å². The molecule has 1 aliphatic heterocycles. The maximum absolute atomic E-state index is 5.54. The first-order chi connectivity index (χ1) is 11.3. The normalized spacial score (nSPS) is 19.2. The van der Waals surface area contributed by atoms with Gasteiger partial charge in [0.15, 0.2) is 0 Å². The summed E-state index contributed by atoms with van der Waals surface area (Å²) in [5.41, 5.74) is 6.85. The first-order valence-electron chi connectivity index (χ1n) is 7.92. The van der Waals surface area contributed by atoms with Crippen LogP contribution in [0.2, 0.25) is 0 Å². The van der Waals surface area contributed by atoms with E-state index in [9.17, 15) is 0 Å². The van der Waals surface area contributed by atoms with Crippen molar-refractivity contribution in [1.29, 1.82) is 0 Å². The molecule has 0 spiro atoms. The molecule has 0 bridgehead atoms. The molecule has 23 heavy (non-hydrogen) atoms. The number of aromatic nitrogens is 3. The zero-order valence-electron chi connectivity index (χ0n) is 12.9. The van der Waals surface area contributed by atoms with Gasteiger partial charge in [-0.2, -0.15) is 0 Å². The van der Waals surface area contributed by atoms with Crippen LogP contribution in [0.5, 0.6) is 0 Å². The zero-order chi connectivity index (χ0) is 15.6. The third-order valence-corrected chi connectivity index (χ3v) is 4.42. The second-order valence-electron chi connectivity index (χ2n) is 6.11. The molecule has 2 N–H and O–H groups in total. The largest absolute Gasteiger partial charge is 0.408 e. The quantitative estimate of drug-likeness (QED) is 0.801. The molecule has 2 aromatic heterocycles. The summed E-state index contributed by atoms with van der Waals surface area (Å²) >= 11 is 0. The average Bonchev–Trinajstić information content (AvgIpc) is 3.02. The number of nitrogens with zero attached hydrogens (tertiary/aromatic N) is 4. The highest BCUT2D eigenvalue weighted by atomic mass is 16.4. The molecule has 0 saturated carbocycles. The topological polar surface area (TPSA) is 81.1 Å². The maximum atomic E-state index is 5.54. The standard InChI is InChI=1S/C17H19N5O/c18-17-21-20-16(23-17)15-2-1-7-22(11-15)10-12-3-4-14-9-19-6-5-13(14)8-12/h3-6,8-9,15H,1-2,7,10-11H2,(H2,18,21). The SMILES string of the molecule is Nc1nnc(C2CCCN(Cc3ccc4cnccc4c3)C2)o1. The van der Waals surface area contributed by atoms with E-state index in [0.717, 1.165) is 32.5 Å². The summed E-state index contributed by atoms with van der Waals surface area (Å²) in [6, 6.07) is 8.76. The average molecular weight is 309 g/mol. The van der Waals surface area contributed by atoms with Crippen LogP contribution in [0.25, 0.3) is 10.8 Å². The van der Waals surface area contributed by atoms with Gasteiger partial charge in [-0.25, -0.2) is 0 Å². The van der Waals surface area contributed by atoms with Crippen LogP contribution in [-0.4, -0.2) is 33.2 Å². The molecular formula is C17H19N5O. The Morgan fingerprint density at radius 2 is 2.17 bits per heavy atom. The second kappa shape index (κ2) is 5.96. The molecule has 3 heterocycles. The van der Waals surface area contributed by atoms with Gasteiger partial charge in [-0.1, -0.05) is 17.2 Å². The highest BCUT2D eigenvalue weighted by Gasteiger charge is 2.25. The Kier molecular flexibility index (Phi) is 3.67. The lowest BCUT2D eigenvalue weighted by Crippen LogP contribution is -2.34. The van der Waals surface area contributed by atoms with Crippen LogP contribution in [0, 0.1) is 0 Å². The van der Waals surface area contributed by atoms with Gasteiger partial charge in [0, 0.05) is 30.9 Å². The van der Waals surface area contributed by atoms with E-state index in [2.05, 4.69) is 44.3 Å². The number of hydrogen-bond acceptors (Lipinski definition) is 6. The van der Waals surface area contributed by atoms with Gasteiger partial charge in [0.25, 0.3) is 0 Å². The van der Waals surface area contributed by atoms with E-state index >= 15 is 0 Å². The Hall–Kier alpha value is -2.47. The van der Waals surface area contributed by atoms with Crippen molar-refractivity contribution in [2.75, 3.05) is 18.8 Å². The van der Waals surface area contributed by atoms with Gasteiger partial charge >= 0.3 is 6.01 Å². The monoisotopic (exact) mass is 309 g/mol. The lowest BCUT2D eigenvalue weighted by Gasteiger charge is -2.31. The maximum Gasteiger partial charge on any atom is 0.312 e. The van der Waals surface area contributed by atoms with Crippen molar-refractivity contribution in [1.82, 2.24) is 20.1 Å². The molecule has 0 radical (unpaired) electrons. The number of fused-ring (bicyclic) bond motifs is 1. The predicted molar refractivity (Wildman–Crippen MR) is 87.7 cm³/mol. The fourth-order valence-corrected chi connectivity index (χ4v) is 3.30. The van der Waals surface area contributed by atoms with Crippen LogP contribution in [0.3, 0.4) is 0 Å². The van der Waals surface area contributed by atoms with Crippen LogP contribution in [0.15, 0.2) is 41.1 Å². The van der Waals surface area contributed by atoms with Gasteiger partial charge in [0.05, 0.1) is 5.92 Å². The van der Waals surface area contributed by atoms with Crippen molar-refractivity contribution >= 4 is 16.8 Å². The molecular weight excluding hydrogens is 290 g/mol. The number of piperidine rings is 1. The van der Waals surface area contributed by atoms with Crippen LogP contribution >= 0.6 is 0 Å². The van der Waals surface area contributed by atoms with Crippen molar-refractivity contribution in [3.63, 3.8) is 0 Å². The van der Waals surface area contributed by atoms with Crippen LogP contribution < -0.4 is 5.73 Å². The molecule has 1 fully saturated rings. The molecule has 118 valence electrons. The second-order valence-corrected chi connectivity index (χ2v) is 6.11. The summed E-state index contributed by atoms with van der Waals surface area (Å²) in [5, 5.41) is 10.2. The van der Waals surface area contributed by atoms with Crippen LogP contribution in [-0.2, 0) is 6.54 Å². The van der Waals surface area contributed by atoms with Crippen molar-refractivity contribution in [2.24, 2.45) is 0 Å². The van der Waals surface area contributed by atoms with Gasteiger partial charge in [0.1, 0.15) is 0 Å². The van der Waals surface area contributed by atoms with E-state index in [-0.39, 0.29) is 11.9 Å². The molecule has 3 aromatic rings. The Morgan fingerprint density at radius 1 is 1.22 bits per heavy atom. The number of anilines is 1. The Bertz CT molecular complexity index is 815. The summed E-state index contributed by atoms with van der Waals surface area (Å²) in [4.78, 5) is 6.60. The number of pyridine rings is 1. The lowest BCUT2D eigenvalue weighted by atomic mass is 9.97. The Morgan fingerprint density at radius 3 is 3.04 bits per heavy atom. The van der Waals surface area contributed by atoms with E-state index in [1.54, 1.807) is 0 Å². The van der Waals surface area contributed by atoms with E-state index in [0.29, 0.717) is 5.89 Å². The van der Waals surface area contributed by atoms with Crippen molar-refractivity contribution in [3.05, 3.63) is 48.1 Å².